The molecule has 0 saturated carbocycles. The largest absolute Gasteiger partial charge is 0 e. The molecule has 0 aliphatic heterocycles. The molecule has 0 aliphatic carbocycles. The molecular formula is C14H29F2GeHfO3-. The Morgan fingerprint density at radius 2 is 1.05 bits per heavy atom. The van der Waals surface area contributed by atoms with E-state index in [2.05, 4.69) is 0 Å². The van der Waals surface area contributed by atoms with E-state index in [1.165, 1.54) is 12.1 Å². The van der Waals surface area contributed by atoms with Gasteiger partial charge < -0.3 is 15.3 Å². The van der Waals surface area contributed by atoms with Crippen LogP contribution in [0.5, 0.6) is 0 Å². The van der Waals surface area contributed by atoms with Gasteiger partial charge in [0.1, 0.15) is 0 Å². The Bertz CT molecular complexity index is 223. The van der Waals surface area contributed by atoms with E-state index in [1.807, 2.05) is 20.8 Å². The number of aliphatic hydroxyl groups excluding tert-OH is 3. The summed E-state index contributed by atoms with van der Waals surface area (Å²) in [6.45, 7) is 6.75. The number of hydrogen-bond acceptors (Lipinski definition) is 3. The fourth-order valence-corrected chi connectivity index (χ4v) is 1.61. The first-order valence-electron chi connectivity index (χ1n) is 6.87. The smallest absolute Gasteiger partial charge is 0 e. The molecule has 1 rings (SSSR count). The maximum Gasteiger partial charge on any atom is 0 e. The van der Waals surface area contributed by atoms with Gasteiger partial charge in [0, 0.05) is 45.7 Å². The molecule has 0 amide bonds. The summed E-state index contributed by atoms with van der Waals surface area (Å²) in [4.78, 5) is 0. The van der Waals surface area contributed by atoms with Gasteiger partial charge in [-0.05, 0) is 19.3 Å². The first-order valence-corrected chi connectivity index (χ1v) is 9.92. The van der Waals surface area contributed by atoms with Crippen molar-refractivity contribution in [3.8, 4) is 0 Å². The monoisotopic (exact) mass is 537 g/mol. The molecule has 0 saturated heterocycles. The van der Waals surface area contributed by atoms with Crippen LogP contribution < -0.4 is 4.40 Å². The van der Waals surface area contributed by atoms with Crippen LogP contribution in [-0.2, 0) is 25.8 Å². The van der Waals surface area contributed by atoms with Gasteiger partial charge in [-0.15, -0.1) is 0 Å². The van der Waals surface area contributed by atoms with Crippen molar-refractivity contribution < 1.29 is 48.2 Å². The van der Waals surface area contributed by atoms with Crippen LogP contribution in [0.3, 0.4) is 0 Å². The first kappa shape index (κ1) is 29.5. The minimum atomic E-state index is -3.89. The van der Waals surface area contributed by atoms with Crippen LogP contribution >= 0.6 is 0 Å². The van der Waals surface area contributed by atoms with Gasteiger partial charge in [-0.25, -0.2) is 0 Å². The van der Waals surface area contributed by atoms with Gasteiger partial charge in [-0.3, -0.25) is 0 Å². The fraction of sp³-hybridized carbons (Fsp3) is 0.643. The Kier molecular flexibility index (Phi) is 40.2. The minimum absolute atomic E-state index is 0. The summed E-state index contributed by atoms with van der Waals surface area (Å²) in [7, 11) is 0. The number of halogens is 2. The Balaban J connectivity index is -0.0000000973. The fourth-order valence-electron chi connectivity index (χ4n) is 0.534. The second-order valence-corrected chi connectivity index (χ2v) is 6.35. The summed E-state index contributed by atoms with van der Waals surface area (Å²) < 4.78 is 23.9. The quantitative estimate of drug-likeness (QED) is 0.409. The third-order valence-electron chi connectivity index (χ3n) is 1.61. The Labute approximate surface area is 151 Å². The van der Waals surface area contributed by atoms with Gasteiger partial charge >= 0.3 is 50.9 Å². The number of hydrogen-bond donors (Lipinski definition) is 3. The number of aliphatic hydroxyl groups is 3. The number of rotatable bonds is 4. The van der Waals surface area contributed by atoms with Crippen molar-refractivity contribution in [2.75, 3.05) is 19.8 Å². The van der Waals surface area contributed by atoms with E-state index < -0.39 is 15.3 Å². The molecule has 0 spiro atoms. The van der Waals surface area contributed by atoms with E-state index in [0.717, 1.165) is 19.3 Å². The van der Waals surface area contributed by atoms with E-state index in [-0.39, 0.29) is 30.2 Å². The summed E-state index contributed by atoms with van der Waals surface area (Å²) in [6, 6.07) is 6.27. The van der Waals surface area contributed by atoms with Gasteiger partial charge in [0.2, 0.25) is 0 Å². The zero-order valence-corrected chi connectivity index (χ0v) is 19.2. The molecule has 126 valence electrons. The molecule has 0 aliphatic rings. The molecule has 1 aromatic carbocycles. The molecular weight excluding hydrogens is 505 g/mol. The van der Waals surface area contributed by atoms with Gasteiger partial charge in [0.05, 0.1) is 0 Å². The molecule has 0 heterocycles. The van der Waals surface area contributed by atoms with Crippen molar-refractivity contribution in [1.82, 2.24) is 0 Å². The standard InChI is InChI=1S/C5H5F2Ge.3C3H8O.Hf/c6-8(7)5-3-1-2-4-5;3*1-2-3-4;/h1-4,8H;3*4H,2-3H2,1H3;/q-1;;;;. The van der Waals surface area contributed by atoms with Crippen LogP contribution in [0.25, 0.3) is 0 Å². The van der Waals surface area contributed by atoms with Gasteiger partial charge in [-0.2, -0.15) is 0 Å². The van der Waals surface area contributed by atoms with Crippen LogP contribution in [0, 0.1) is 0 Å². The summed E-state index contributed by atoms with van der Waals surface area (Å²) in [5.74, 6) is 0. The normalized spacial score (nSPS) is 8.24. The SMILES string of the molecule is CCCO.CCCO.CCCO.[F][GeH]([F])[c-]1cccc1.[Hf]. The Morgan fingerprint density at radius 1 is 0.810 bits per heavy atom. The third kappa shape index (κ3) is 33.4. The van der Waals surface area contributed by atoms with Gasteiger partial charge in [0.15, 0.2) is 0 Å². The maximum absolute atomic E-state index is 11.8. The van der Waals surface area contributed by atoms with E-state index in [4.69, 9.17) is 15.3 Å². The molecule has 3 N–H and O–H groups in total. The van der Waals surface area contributed by atoms with Crippen molar-refractivity contribution in [3.05, 3.63) is 24.3 Å². The summed E-state index contributed by atoms with van der Waals surface area (Å²) >= 11 is -3.89. The van der Waals surface area contributed by atoms with Crippen LogP contribution in [0.4, 0.5) is 7.00 Å². The van der Waals surface area contributed by atoms with Crippen molar-refractivity contribution in [3.63, 3.8) is 0 Å². The predicted octanol–water partition coefficient (Wildman–Crippen LogP) is 1.94. The zero-order valence-electron chi connectivity index (χ0n) is 13.2. The van der Waals surface area contributed by atoms with Gasteiger partial charge in [-0.1, -0.05) is 20.8 Å². The molecule has 1 aromatic rings. The molecule has 0 bridgehead atoms. The molecule has 21 heavy (non-hydrogen) atoms. The topological polar surface area (TPSA) is 60.7 Å². The maximum atomic E-state index is 11.8. The molecule has 0 unspecified atom stereocenters. The predicted molar refractivity (Wildman–Crippen MR) is 83.2 cm³/mol. The average molecular weight is 534 g/mol. The van der Waals surface area contributed by atoms with Crippen molar-refractivity contribution in [1.29, 1.82) is 0 Å². The van der Waals surface area contributed by atoms with E-state index in [1.54, 1.807) is 12.1 Å². The Morgan fingerprint density at radius 3 is 1.14 bits per heavy atom. The van der Waals surface area contributed by atoms with E-state index >= 15 is 0 Å². The molecule has 7 heteroatoms. The summed E-state index contributed by atoms with van der Waals surface area (Å²) in [6.07, 6.45) is 2.62. The third-order valence-corrected chi connectivity index (χ3v) is 3.48. The second-order valence-electron chi connectivity index (χ2n) is 3.69. The molecule has 0 radical (unpaired) electrons. The summed E-state index contributed by atoms with van der Waals surface area (Å²) in [5.41, 5.74) is 0. The van der Waals surface area contributed by atoms with Gasteiger partial charge in [0.25, 0.3) is 0 Å². The molecule has 3 nitrogen and oxygen atoms in total. The molecule has 0 aromatic heterocycles. The van der Waals surface area contributed by atoms with Crippen molar-refractivity contribution in [2.45, 2.75) is 40.0 Å². The van der Waals surface area contributed by atoms with Crippen LogP contribution in [-0.4, -0.2) is 50.4 Å². The summed E-state index contributed by atoms with van der Waals surface area (Å²) in [5, 5.41) is 23.6. The van der Waals surface area contributed by atoms with Crippen LogP contribution in [0.1, 0.15) is 40.0 Å². The second kappa shape index (κ2) is 28.6. The molecule has 0 fully saturated rings. The van der Waals surface area contributed by atoms with Crippen LogP contribution in [0.2, 0.25) is 0 Å². The van der Waals surface area contributed by atoms with E-state index in [9.17, 15) is 7.00 Å². The van der Waals surface area contributed by atoms with E-state index in [0.29, 0.717) is 19.8 Å². The van der Waals surface area contributed by atoms with Crippen molar-refractivity contribution >= 4 is 19.7 Å². The minimum Gasteiger partial charge on any atom is 0 e. The average Bonchev–Trinajstić information content (AvgIpc) is 3.02. The molecule has 0 atom stereocenters. The Hall–Kier alpha value is 0.503. The van der Waals surface area contributed by atoms with Crippen molar-refractivity contribution in [2.24, 2.45) is 0 Å². The first-order chi connectivity index (χ1) is 9.55. The zero-order chi connectivity index (χ0) is 16.2. The van der Waals surface area contributed by atoms with Crippen LogP contribution in [0.15, 0.2) is 24.3 Å².